The van der Waals surface area contributed by atoms with Gasteiger partial charge in [0.05, 0.1) is 6.07 Å². The second kappa shape index (κ2) is 7.47. The number of hydrogen-bond acceptors (Lipinski definition) is 6. The van der Waals surface area contributed by atoms with E-state index in [1.165, 1.54) is 11.6 Å². The molecule has 0 spiro atoms. The minimum atomic E-state index is -0.694. The number of amides is 1. The van der Waals surface area contributed by atoms with Crippen LogP contribution in [0.4, 0.5) is 11.6 Å². The van der Waals surface area contributed by atoms with Crippen LogP contribution in [0.2, 0.25) is 0 Å². The van der Waals surface area contributed by atoms with Crippen LogP contribution in [-0.2, 0) is 0 Å². The smallest absolute Gasteiger partial charge is 0.433 e. The minimum Gasteiger partial charge on any atom is -0.436 e. The van der Waals surface area contributed by atoms with Crippen LogP contribution in [0.3, 0.4) is 0 Å². The highest BCUT2D eigenvalue weighted by atomic mass is 16.6. The van der Waals surface area contributed by atoms with Crippen molar-refractivity contribution in [3.8, 4) is 11.5 Å². The normalized spacial score (nSPS) is 11.2. The summed E-state index contributed by atoms with van der Waals surface area (Å²) in [5.41, 5.74) is 4.66. The molecule has 0 saturated carbocycles. The molecule has 30 heavy (non-hydrogen) atoms. The third-order valence-corrected chi connectivity index (χ3v) is 4.81. The van der Waals surface area contributed by atoms with Crippen molar-refractivity contribution in [1.82, 2.24) is 4.98 Å². The summed E-state index contributed by atoms with van der Waals surface area (Å²) in [5.74, 6) is -0.391. The predicted octanol–water partition coefficient (Wildman–Crippen LogP) is 5.68. The number of nitrogens with zero attached hydrogens (tertiary/aromatic N) is 2. The van der Waals surface area contributed by atoms with Gasteiger partial charge in [-0.1, -0.05) is 26.0 Å². The van der Waals surface area contributed by atoms with E-state index in [0.29, 0.717) is 28.6 Å². The van der Waals surface area contributed by atoms with E-state index in [0.717, 1.165) is 17.1 Å². The summed E-state index contributed by atoms with van der Waals surface area (Å²) >= 11 is 0. The first kappa shape index (κ1) is 19.4. The van der Waals surface area contributed by atoms with Crippen LogP contribution in [0.15, 0.2) is 57.4 Å². The lowest BCUT2D eigenvalue weighted by Gasteiger charge is -2.08. The SMILES string of the molecule is Cc1ccc(-c2nc3cc(C(C)C)ccc3o2)cc1NC(=O)c1ccc([N+](=O)[O-])o1. The first-order valence-electron chi connectivity index (χ1n) is 9.39. The Balaban J connectivity index is 1.63. The van der Waals surface area contributed by atoms with Crippen LogP contribution in [0, 0.1) is 17.0 Å². The fourth-order valence-corrected chi connectivity index (χ4v) is 3.05. The molecule has 0 aliphatic carbocycles. The van der Waals surface area contributed by atoms with E-state index in [2.05, 4.69) is 24.1 Å². The van der Waals surface area contributed by atoms with Crippen LogP contribution in [-0.4, -0.2) is 15.8 Å². The topological polar surface area (TPSA) is 111 Å². The number of carbonyl (C=O) groups is 1. The number of aromatic nitrogens is 1. The Hall–Kier alpha value is -3.94. The van der Waals surface area contributed by atoms with Gasteiger partial charge in [-0.3, -0.25) is 14.9 Å². The summed E-state index contributed by atoms with van der Waals surface area (Å²) in [6.07, 6.45) is 0. The van der Waals surface area contributed by atoms with Crippen LogP contribution in [0.25, 0.3) is 22.6 Å². The van der Waals surface area contributed by atoms with Crippen molar-refractivity contribution < 1.29 is 18.6 Å². The van der Waals surface area contributed by atoms with Crippen molar-refractivity contribution in [3.63, 3.8) is 0 Å². The molecular formula is C22H19N3O5. The number of benzene rings is 2. The Labute approximate surface area is 171 Å². The quantitative estimate of drug-likeness (QED) is 0.338. The largest absolute Gasteiger partial charge is 0.436 e. The third-order valence-electron chi connectivity index (χ3n) is 4.81. The summed E-state index contributed by atoms with van der Waals surface area (Å²) < 4.78 is 10.8. The second-order valence-corrected chi connectivity index (χ2v) is 7.28. The monoisotopic (exact) mass is 405 g/mol. The van der Waals surface area contributed by atoms with Gasteiger partial charge in [-0.25, -0.2) is 4.98 Å². The lowest BCUT2D eigenvalue weighted by atomic mass is 10.0. The summed E-state index contributed by atoms with van der Waals surface area (Å²) in [6.45, 7) is 6.07. The van der Waals surface area contributed by atoms with Crippen molar-refractivity contribution in [2.24, 2.45) is 0 Å². The number of aryl methyl sites for hydroxylation is 1. The highest BCUT2D eigenvalue weighted by Crippen LogP contribution is 2.30. The molecule has 152 valence electrons. The van der Waals surface area contributed by atoms with Gasteiger partial charge in [0.25, 0.3) is 5.91 Å². The zero-order valence-corrected chi connectivity index (χ0v) is 16.6. The van der Waals surface area contributed by atoms with E-state index in [-0.39, 0.29) is 5.76 Å². The van der Waals surface area contributed by atoms with Crippen LogP contribution >= 0.6 is 0 Å². The zero-order chi connectivity index (χ0) is 21.4. The first-order valence-corrected chi connectivity index (χ1v) is 9.39. The van der Waals surface area contributed by atoms with Gasteiger partial charge in [0.2, 0.25) is 5.89 Å². The molecule has 0 aliphatic heterocycles. The van der Waals surface area contributed by atoms with Gasteiger partial charge in [-0.05, 0) is 54.3 Å². The van der Waals surface area contributed by atoms with Gasteiger partial charge in [0.1, 0.15) is 10.4 Å². The molecule has 8 nitrogen and oxygen atoms in total. The summed E-state index contributed by atoms with van der Waals surface area (Å²) in [5, 5.41) is 13.5. The number of hydrogen-bond donors (Lipinski definition) is 1. The molecule has 0 unspecified atom stereocenters. The molecule has 2 aromatic carbocycles. The maximum absolute atomic E-state index is 12.4. The summed E-state index contributed by atoms with van der Waals surface area (Å²) in [4.78, 5) is 27.1. The Morgan fingerprint density at radius 2 is 1.90 bits per heavy atom. The van der Waals surface area contributed by atoms with Gasteiger partial charge in [0.15, 0.2) is 11.3 Å². The van der Waals surface area contributed by atoms with E-state index in [1.54, 1.807) is 6.07 Å². The summed E-state index contributed by atoms with van der Waals surface area (Å²) in [6, 6.07) is 13.8. The maximum atomic E-state index is 12.4. The van der Waals surface area contributed by atoms with Gasteiger partial charge in [-0.2, -0.15) is 0 Å². The lowest BCUT2D eigenvalue weighted by Crippen LogP contribution is -2.12. The van der Waals surface area contributed by atoms with E-state index >= 15 is 0 Å². The van der Waals surface area contributed by atoms with Crippen molar-refractivity contribution in [3.05, 3.63) is 75.5 Å². The van der Waals surface area contributed by atoms with Crippen LogP contribution in [0.5, 0.6) is 0 Å². The minimum absolute atomic E-state index is 0.144. The first-order chi connectivity index (χ1) is 14.3. The number of fused-ring (bicyclic) bond motifs is 1. The fraction of sp³-hybridized carbons (Fsp3) is 0.182. The fourth-order valence-electron chi connectivity index (χ4n) is 3.05. The molecule has 0 aliphatic rings. The lowest BCUT2D eigenvalue weighted by molar-refractivity contribution is -0.402. The number of anilines is 1. The van der Waals surface area contributed by atoms with Crippen molar-refractivity contribution >= 4 is 28.6 Å². The zero-order valence-electron chi connectivity index (χ0n) is 16.6. The van der Waals surface area contributed by atoms with Gasteiger partial charge in [-0.15, -0.1) is 0 Å². The van der Waals surface area contributed by atoms with E-state index in [4.69, 9.17) is 8.83 Å². The maximum Gasteiger partial charge on any atom is 0.433 e. The molecular weight excluding hydrogens is 386 g/mol. The number of rotatable bonds is 5. The van der Waals surface area contributed by atoms with Crippen molar-refractivity contribution in [2.75, 3.05) is 5.32 Å². The van der Waals surface area contributed by atoms with Gasteiger partial charge < -0.3 is 14.2 Å². The average Bonchev–Trinajstić information content (AvgIpc) is 3.36. The Morgan fingerprint density at radius 1 is 1.10 bits per heavy atom. The Morgan fingerprint density at radius 3 is 2.60 bits per heavy atom. The Kier molecular flexibility index (Phi) is 4.83. The predicted molar refractivity (Wildman–Crippen MR) is 112 cm³/mol. The number of furan rings is 1. The number of oxazole rings is 1. The number of nitrogens with one attached hydrogen (secondary N) is 1. The number of nitro groups is 1. The molecule has 0 bridgehead atoms. The molecule has 0 saturated heterocycles. The molecule has 0 atom stereocenters. The molecule has 1 amide bonds. The second-order valence-electron chi connectivity index (χ2n) is 7.28. The molecule has 8 heteroatoms. The van der Waals surface area contributed by atoms with E-state index in [1.807, 2.05) is 37.3 Å². The van der Waals surface area contributed by atoms with Crippen LogP contribution < -0.4 is 5.32 Å². The van der Waals surface area contributed by atoms with Crippen molar-refractivity contribution in [1.29, 1.82) is 0 Å². The van der Waals surface area contributed by atoms with Crippen LogP contribution in [0.1, 0.15) is 41.4 Å². The molecule has 2 aromatic heterocycles. The Bertz CT molecular complexity index is 1270. The standard InChI is InChI=1S/C22H19N3O5/c1-12(2)14-6-7-18-17(10-14)24-22(30-18)15-5-4-13(3)16(11-15)23-21(26)19-8-9-20(29-19)25(27)28/h4-12H,1-3H3,(H,23,26). The third kappa shape index (κ3) is 3.67. The average molecular weight is 405 g/mol. The summed E-state index contributed by atoms with van der Waals surface area (Å²) in [7, 11) is 0. The molecule has 0 radical (unpaired) electrons. The van der Waals surface area contributed by atoms with E-state index < -0.39 is 16.7 Å². The highest BCUT2D eigenvalue weighted by Gasteiger charge is 2.18. The van der Waals surface area contributed by atoms with Gasteiger partial charge >= 0.3 is 5.88 Å². The molecule has 1 N–H and O–H groups in total. The van der Waals surface area contributed by atoms with Crippen molar-refractivity contribution in [2.45, 2.75) is 26.7 Å². The molecule has 2 heterocycles. The number of carbonyl (C=O) groups excluding carboxylic acids is 1. The molecule has 0 fully saturated rings. The van der Waals surface area contributed by atoms with Gasteiger partial charge in [0, 0.05) is 11.3 Å². The van der Waals surface area contributed by atoms with E-state index in [9.17, 15) is 14.9 Å². The highest BCUT2D eigenvalue weighted by molar-refractivity contribution is 6.03. The molecule has 4 aromatic rings. The molecule has 4 rings (SSSR count).